The summed E-state index contributed by atoms with van der Waals surface area (Å²) in [5, 5.41) is 78.0. The minimum atomic E-state index is -1.49. The maximum absolute atomic E-state index is 11.6. The van der Waals surface area contributed by atoms with Crippen LogP contribution in [0.25, 0.3) is 0 Å². The molecule has 1 saturated carbocycles. The molecule has 0 amide bonds. The molecule has 15 heteroatoms. The number of aliphatic hydroxyl groups excluding tert-OH is 7. The van der Waals surface area contributed by atoms with Crippen molar-refractivity contribution in [2.45, 2.75) is 105 Å². The molecule has 2 aliphatic heterocycles. The lowest BCUT2D eigenvalue weighted by Crippen LogP contribution is -2.70. The van der Waals surface area contributed by atoms with Crippen molar-refractivity contribution in [2.75, 3.05) is 32.9 Å². The van der Waals surface area contributed by atoms with Gasteiger partial charge in [-0.3, -0.25) is 0 Å². The molecule has 0 aromatic heterocycles. The van der Waals surface area contributed by atoms with Crippen LogP contribution in [-0.4, -0.2) is 154 Å². The van der Waals surface area contributed by atoms with Gasteiger partial charge in [0.15, 0.2) is 6.29 Å². The lowest BCUT2D eigenvalue weighted by molar-refractivity contribution is -0.307. The molecule has 2 saturated heterocycles. The van der Waals surface area contributed by atoms with Crippen LogP contribution in [0, 0.1) is 5.92 Å². The first-order valence-corrected chi connectivity index (χ1v) is 13.3. The Labute approximate surface area is 222 Å². The molecule has 0 spiro atoms. The van der Waals surface area contributed by atoms with Gasteiger partial charge >= 0.3 is 0 Å². The number of nitrogens with one attached hydrogen (secondary N) is 2. The van der Waals surface area contributed by atoms with Crippen molar-refractivity contribution in [1.82, 2.24) is 10.6 Å². The van der Waals surface area contributed by atoms with Crippen LogP contribution in [0.5, 0.6) is 0 Å². The number of aliphatic hydroxyl groups is 7. The van der Waals surface area contributed by atoms with Crippen molar-refractivity contribution >= 4 is 0 Å². The van der Waals surface area contributed by atoms with Gasteiger partial charge in [0.2, 0.25) is 0 Å². The zero-order chi connectivity index (χ0) is 28.1. The topological polar surface area (TPSA) is 271 Å². The normalized spacial score (nSPS) is 46.4. The summed E-state index contributed by atoms with van der Waals surface area (Å²) in [6.45, 7) is 1.59. The summed E-state index contributed by atoms with van der Waals surface area (Å²) in [5.41, 5.74) is 18.8. The molecule has 0 radical (unpaired) electrons. The number of rotatable bonds is 11. The van der Waals surface area contributed by atoms with E-state index in [1.165, 1.54) is 0 Å². The molecule has 15 nitrogen and oxygen atoms in total. The van der Waals surface area contributed by atoms with Gasteiger partial charge in [-0.1, -0.05) is 6.92 Å². The predicted octanol–water partition coefficient (Wildman–Crippen LogP) is -6.39. The summed E-state index contributed by atoms with van der Waals surface area (Å²) in [5.74, 6) is -0.750. The summed E-state index contributed by atoms with van der Waals surface area (Å²) in [7, 11) is 0. The van der Waals surface area contributed by atoms with Crippen molar-refractivity contribution in [3.63, 3.8) is 0 Å². The van der Waals surface area contributed by atoms with Crippen molar-refractivity contribution in [2.24, 2.45) is 23.1 Å². The summed E-state index contributed by atoms with van der Waals surface area (Å²) in [6, 6.07) is -3.95. The van der Waals surface area contributed by atoms with Gasteiger partial charge < -0.3 is 77.8 Å². The third-order valence-corrected chi connectivity index (χ3v) is 7.94. The second kappa shape index (κ2) is 14.3. The lowest BCUT2D eigenvalue weighted by Gasteiger charge is -2.52. The van der Waals surface area contributed by atoms with E-state index in [0.717, 1.165) is 0 Å². The maximum Gasteiger partial charge on any atom is 0.186 e. The van der Waals surface area contributed by atoms with Crippen LogP contribution < -0.4 is 27.8 Å². The predicted molar refractivity (Wildman–Crippen MR) is 133 cm³/mol. The molecule has 0 aromatic rings. The van der Waals surface area contributed by atoms with Crippen molar-refractivity contribution in [1.29, 1.82) is 0 Å². The highest BCUT2D eigenvalue weighted by Gasteiger charge is 2.53. The zero-order valence-electron chi connectivity index (χ0n) is 21.7. The Kier molecular flexibility index (Phi) is 12.0. The standard InChI is InChI=1S/C23H47N5O10/c1-2-27-5-14-13(32)4-11(25)21(36-14)16-10(24)3-12(28-9(6-29)7-30)22(19(16)34)38-23-20(35)17(26)18(33)15(8-31)37-23/h9-23,27-35H,2-8,24-26H2,1H3. The molecule has 3 rings (SSSR count). The van der Waals surface area contributed by atoms with Crippen LogP contribution in [0.2, 0.25) is 0 Å². The second-order valence-corrected chi connectivity index (χ2v) is 10.6. The van der Waals surface area contributed by atoms with Crippen LogP contribution in [0.15, 0.2) is 0 Å². The molecule has 1 aliphatic carbocycles. The van der Waals surface area contributed by atoms with Gasteiger partial charge in [-0.15, -0.1) is 0 Å². The summed E-state index contributed by atoms with van der Waals surface area (Å²) in [4.78, 5) is 0. The Morgan fingerprint density at radius 2 is 1.58 bits per heavy atom. The highest BCUT2D eigenvalue weighted by Crippen LogP contribution is 2.36. The third-order valence-electron chi connectivity index (χ3n) is 7.94. The lowest BCUT2D eigenvalue weighted by atomic mass is 9.72. The van der Waals surface area contributed by atoms with Gasteiger partial charge in [-0.05, 0) is 19.4 Å². The van der Waals surface area contributed by atoms with E-state index in [9.17, 15) is 35.7 Å². The average molecular weight is 554 g/mol. The summed E-state index contributed by atoms with van der Waals surface area (Å²) in [6.07, 6.45) is -9.51. The molecule has 15 N–H and O–H groups in total. The maximum atomic E-state index is 11.6. The molecule has 224 valence electrons. The van der Waals surface area contributed by atoms with Crippen molar-refractivity contribution < 1.29 is 50.0 Å². The Morgan fingerprint density at radius 3 is 2.18 bits per heavy atom. The number of likely N-dealkylation sites (N-methyl/N-ethyl adjacent to an activating group) is 1. The highest BCUT2D eigenvalue weighted by molar-refractivity contribution is 5.06. The van der Waals surface area contributed by atoms with Gasteiger partial charge in [0.25, 0.3) is 0 Å². The van der Waals surface area contributed by atoms with Crippen LogP contribution >= 0.6 is 0 Å². The van der Waals surface area contributed by atoms with E-state index in [4.69, 9.17) is 31.4 Å². The number of hydrogen-bond acceptors (Lipinski definition) is 15. The van der Waals surface area contributed by atoms with Crippen molar-refractivity contribution in [3.8, 4) is 0 Å². The summed E-state index contributed by atoms with van der Waals surface area (Å²) < 4.78 is 17.8. The molecule has 14 unspecified atom stereocenters. The fraction of sp³-hybridized carbons (Fsp3) is 1.00. The summed E-state index contributed by atoms with van der Waals surface area (Å²) >= 11 is 0. The SMILES string of the molecule is CCNCC1OC(C2C(N)CC(NC(CO)CO)C(OC3OC(CO)C(O)C(N)C3O)C2O)C(N)CC1O. The monoisotopic (exact) mass is 553 g/mol. The molecule has 0 aromatic carbocycles. The van der Waals surface area contributed by atoms with Crippen molar-refractivity contribution in [3.05, 3.63) is 0 Å². The Balaban J connectivity index is 1.87. The number of hydrogen-bond donors (Lipinski definition) is 12. The van der Waals surface area contributed by atoms with E-state index in [1.807, 2.05) is 6.92 Å². The van der Waals surface area contributed by atoms with E-state index in [1.54, 1.807) is 0 Å². The van der Waals surface area contributed by atoms with E-state index in [2.05, 4.69) is 10.6 Å². The third kappa shape index (κ3) is 6.99. The first-order valence-electron chi connectivity index (χ1n) is 13.3. The molecule has 2 heterocycles. The molecular formula is C23H47N5O10. The molecule has 38 heavy (non-hydrogen) atoms. The smallest absolute Gasteiger partial charge is 0.186 e. The van der Waals surface area contributed by atoms with Gasteiger partial charge in [0, 0.05) is 30.6 Å². The molecule has 3 fully saturated rings. The Bertz CT molecular complexity index is 709. The molecule has 0 bridgehead atoms. The zero-order valence-corrected chi connectivity index (χ0v) is 21.7. The fourth-order valence-electron chi connectivity index (χ4n) is 5.73. The highest BCUT2D eigenvalue weighted by atomic mass is 16.7. The van der Waals surface area contributed by atoms with Gasteiger partial charge in [-0.25, -0.2) is 0 Å². The van der Waals surface area contributed by atoms with Crippen LogP contribution in [0.3, 0.4) is 0 Å². The van der Waals surface area contributed by atoms with E-state index >= 15 is 0 Å². The van der Waals surface area contributed by atoms with Crippen LogP contribution in [0.4, 0.5) is 0 Å². The molecule has 3 aliphatic rings. The van der Waals surface area contributed by atoms with Gasteiger partial charge in [0.1, 0.15) is 24.4 Å². The van der Waals surface area contributed by atoms with E-state index in [-0.39, 0.29) is 12.8 Å². The Morgan fingerprint density at radius 1 is 0.895 bits per heavy atom. The first kappa shape index (κ1) is 31.9. The minimum absolute atomic E-state index is 0.205. The van der Waals surface area contributed by atoms with Crippen LogP contribution in [-0.2, 0) is 14.2 Å². The average Bonchev–Trinajstić information content (AvgIpc) is 2.89. The van der Waals surface area contributed by atoms with Crippen LogP contribution in [0.1, 0.15) is 19.8 Å². The number of nitrogens with two attached hydrogens (primary N) is 3. The second-order valence-electron chi connectivity index (χ2n) is 10.6. The first-order chi connectivity index (χ1) is 18.1. The quantitative estimate of drug-likeness (QED) is 0.113. The minimum Gasteiger partial charge on any atom is -0.395 e. The molecular weight excluding hydrogens is 506 g/mol. The fourth-order valence-corrected chi connectivity index (χ4v) is 5.73. The van der Waals surface area contributed by atoms with Gasteiger partial charge in [-0.2, -0.15) is 0 Å². The largest absolute Gasteiger partial charge is 0.395 e. The van der Waals surface area contributed by atoms with E-state index in [0.29, 0.717) is 13.1 Å². The van der Waals surface area contributed by atoms with E-state index < -0.39 is 111 Å². The molecule has 14 atom stereocenters. The number of ether oxygens (including phenoxy) is 3. The van der Waals surface area contributed by atoms with Gasteiger partial charge in [0.05, 0.1) is 56.3 Å². The Hall–Kier alpha value is -0.600.